The lowest BCUT2D eigenvalue weighted by molar-refractivity contribution is -0.136. The predicted octanol–water partition coefficient (Wildman–Crippen LogP) is 1.58. The lowest BCUT2D eigenvalue weighted by Gasteiger charge is -2.56. The summed E-state index contributed by atoms with van der Waals surface area (Å²) in [5.41, 5.74) is -1.21. The van der Waals surface area contributed by atoms with Crippen LogP contribution in [0, 0.1) is 5.82 Å². The summed E-state index contributed by atoms with van der Waals surface area (Å²) in [5.74, 6) is -0.196. The number of hydrogen-bond donors (Lipinski definition) is 4. The summed E-state index contributed by atoms with van der Waals surface area (Å²) in [6, 6.07) is 3.68. The molecule has 1 saturated heterocycles. The van der Waals surface area contributed by atoms with E-state index in [1.54, 1.807) is 18.9 Å². The van der Waals surface area contributed by atoms with Gasteiger partial charge >= 0.3 is 0 Å². The Hall–Kier alpha value is -1.59. The van der Waals surface area contributed by atoms with E-state index in [1.165, 1.54) is 12.1 Å². The average molecular weight is 502 g/mol. The zero-order chi connectivity index (χ0) is 23.6. The minimum atomic E-state index is -0.788. The molecule has 4 N–H and O–H groups in total. The van der Waals surface area contributed by atoms with Gasteiger partial charge in [0.2, 0.25) is 5.91 Å². The van der Waals surface area contributed by atoms with Gasteiger partial charge in [-0.15, -0.1) is 11.8 Å². The Labute approximate surface area is 201 Å². The second kappa shape index (κ2) is 9.95. The van der Waals surface area contributed by atoms with Crippen LogP contribution in [0.25, 0.3) is 0 Å². The maximum absolute atomic E-state index is 13.5. The van der Waals surface area contributed by atoms with Crippen LogP contribution in [0.2, 0.25) is 5.02 Å². The molecule has 0 spiro atoms. The van der Waals surface area contributed by atoms with Crippen molar-refractivity contribution in [2.75, 3.05) is 26.1 Å². The fourth-order valence-electron chi connectivity index (χ4n) is 4.97. The Morgan fingerprint density at radius 1 is 1.30 bits per heavy atom. The van der Waals surface area contributed by atoms with Gasteiger partial charge in [-0.3, -0.25) is 14.9 Å². The maximum atomic E-state index is 13.5. The molecule has 3 aliphatic carbocycles. The number of aliphatic hydroxyl groups excluding tert-OH is 1. The molecule has 33 heavy (non-hydrogen) atoms. The highest BCUT2D eigenvalue weighted by Crippen LogP contribution is 2.47. The highest BCUT2D eigenvalue weighted by atomic mass is 35.5. The second-order valence-corrected chi connectivity index (χ2v) is 10.7. The van der Waals surface area contributed by atoms with Gasteiger partial charge in [0, 0.05) is 24.5 Å². The van der Waals surface area contributed by atoms with Crippen LogP contribution in [-0.4, -0.2) is 71.6 Å². The van der Waals surface area contributed by atoms with E-state index in [2.05, 4.69) is 16.0 Å². The molecule has 3 saturated carbocycles. The lowest BCUT2D eigenvalue weighted by atomic mass is 9.60. The first kappa shape index (κ1) is 24.5. The predicted molar refractivity (Wildman–Crippen MR) is 123 cm³/mol. The number of aliphatic hydroxyl groups is 1. The van der Waals surface area contributed by atoms with Gasteiger partial charge in [-0.1, -0.05) is 11.6 Å². The van der Waals surface area contributed by atoms with Crippen LogP contribution in [0.3, 0.4) is 0 Å². The highest BCUT2D eigenvalue weighted by Gasteiger charge is 2.55. The Kier molecular flexibility index (Phi) is 7.40. The quantitative estimate of drug-likeness (QED) is 0.428. The third-order valence-electron chi connectivity index (χ3n) is 6.84. The summed E-state index contributed by atoms with van der Waals surface area (Å²) in [4.78, 5) is 25.4. The number of thioether (sulfide) groups is 1. The lowest BCUT2D eigenvalue weighted by Crippen LogP contribution is -2.71. The van der Waals surface area contributed by atoms with Crippen LogP contribution in [0.4, 0.5) is 4.39 Å². The molecule has 1 aromatic carbocycles. The SMILES string of the molecule is COCC1NC(C(=O)NC23CCC(NC(=O)COc4ccc(Cl)c(F)c4)(CC2)C(O)C3)CS1. The number of methoxy groups -OCH3 is 1. The summed E-state index contributed by atoms with van der Waals surface area (Å²) < 4.78 is 24.1. The van der Waals surface area contributed by atoms with E-state index in [-0.39, 0.29) is 40.6 Å². The smallest absolute Gasteiger partial charge is 0.258 e. The first-order valence-electron chi connectivity index (χ1n) is 11.0. The van der Waals surface area contributed by atoms with Crippen molar-refractivity contribution in [3.8, 4) is 5.75 Å². The monoisotopic (exact) mass is 501 g/mol. The number of benzene rings is 1. The summed E-state index contributed by atoms with van der Waals surface area (Å²) in [6.07, 6.45) is 2.03. The number of fused-ring (bicyclic) bond motifs is 3. The fourth-order valence-corrected chi connectivity index (χ4v) is 6.25. The highest BCUT2D eigenvalue weighted by molar-refractivity contribution is 8.00. The van der Waals surface area contributed by atoms with Crippen LogP contribution >= 0.6 is 23.4 Å². The molecular formula is C22H29ClFN3O5S. The molecule has 1 aliphatic heterocycles. The summed E-state index contributed by atoms with van der Waals surface area (Å²) in [5, 5.41) is 20.4. The van der Waals surface area contributed by atoms with E-state index in [0.29, 0.717) is 44.5 Å². The fraction of sp³-hybridized carbons (Fsp3) is 0.636. The van der Waals surface area contributed by atoms with Gasteiger partial charge in [-0.25, -0.2) is 4.39 Å². The van der Waals surface area contributed by atoms with Crippen LogP contribution in [0.1, 0.15) is 32.1 Å². The number of hydrogen-bond acceptors (Lipinski definition) is 7. The van der Waals surface area contributed by atoms with Gasteiger partial charge in [0.05, 0.1) is 34.7 Å². The Bertz CT molecular complexity index is 899. The topological polar surface area (TPSA) is 109 Å². The first-order chi connectivity index (χ1) is 15.7. The molecule has 3 unspecified atom stereocenters. The molecule has 3 atom stereocenters. The zero-order valence-corrected chi connectivity index (χ0v) is 19.9. The maximum Gasteiger partial charge on any atom is 0.258 e. The molecule has 1 heterocycles. The van der Waals surface area contributed by atoms with E-state index in [9.17, 15) is 19.1 Å². The normalized spacial score (nSPS) is 33.0. The van der Waals surface area contributed by atoms with Gasteiger partial charge in [-0.05, 0) is 44.2 Å². The molecule has 2 amide bonds. The molecule has 182 valence electrons. The molecule has 4 fully saturated rings. The molecule has 1 aromatic rings. The van der Waals surface area contributed by atoms with Crippen LogP contribution in [-0.2, 0) is 14.3 Å². The van der Waals surface area contributed by atoms with Crippen molar-refractivity contribution in [2.24, 2.45) is 0 Å². The van der Waals surface area contributed by atoms with E-state index in [1.807, 2.05) is 0 Å². The number of carbonyl (C=O) groups excluding carboxylic acids is 2. The minimum absolute atomic E-state index is 0.0222. The zero-order valence-electron chi connectivity index (χ0n) is 18.4. The summed E-state index contributed by atoms with van der Waals surface area (Å²) in [6.45, 7) is 0.238. The third-order valence-corrected chi connectivity index (χ3v) is 8.35. The number of carbonyl (C=O) groups is 2. The first-order valence-corrected chi connectivity index (χ1v) is 12.4. The van der Waals surface area contributed by atoms with Crippen LogP contribution in [0.15, 0.2) is 18.2 Å². The number of rotatable bonds is 8. The van der Waals surface area contributed by atoms with Crippen molar-refractivity contribution in [1.29, 1.82) is 0 Å². The third kappa shape index (κ3) is 5.40. The largest absolute Gasteiger partial charge is 0.484 e. The number of ether oxygens (including phenoxy) is 2. The standard InChI is InChI=1S/C22H29ClFN3O5S/c1-31-11-19-25-16(12-33-19)20(30)27-21-4-6-22(7-5-21,17(28)9-21)26-18(29)10-32-13-2-3-14(23)15(24)8-13/h2-3,8,16-17,19,25,28H,4-7,9-12H2,1H3,(H,26,29)(H,27,30). The molecule has 4 aliphatic rings. The van der Waals surface area contributed by atoms with E-state index >= 15 is 0 Å². The van der Waals surface area contributed by atoms with Crippen LogP contribution in [0.5, 0.6) is 5.75 Å². The van der Waals surface area contributed by atoms with Crippen LogP contribution < -0.4 is 20.7 Å². The van der Waals surface area contributed by atoms with Crippen molar-refractivity contribution in [3.63, 3.8) is 0 Å². The van der Waals surface area contributed by atoms with Gasteiger partial charge in [0.1, 0.15) is 11.6 Å². The molecule has 2 bridgehead atoms. The summed E-state index contributed by atoms with van der Waals surface area (Å²) >= 11 is 7.31. The van der Waals surface area contributed by atoms with E-state index in [4.69, 9.17) is 21.1 Å². The molecule has 8 nitrogen and oxygen atoms in total. The second-order valence-electron chi connectivity index (χ2n) is 9.05. The van der Waals surface area contributed by atoms with Gasteiger partial charge in [-0.2, -0.15) is 0 Å². The average Bonchev–Trinajstić information content (AvgIpc) is 3.25. The van der Waals surface area contributed by atoms with E-state index in [0.717, 1.165) is 6.07 Å². The van der Waals surface area contributed by atoms with Crippen molar-refractivity contribution >= 4 is 35.2 Å². The molecule has 0 radical (unpaired) electrons. The number of nitrogens with one attached hydrogen (secondary N) is 3. The van der Waals surface area contributed by atoms with Crippen molar-refractivity contribution in [2.45, 2.75) is 60.7 Å². The van der Waals surface area contributed by atoms with E-state index < -0.39 is 23.0 Å². The van der Waals surface area contributed by atoms with Gasteiger partial charge in [0.25, 0.3) is 5.91 Å². The Morgan fingerprint density at radius 2 is 2.06 bits per heavy atom. The summed E-state index contributed by atoms with van der Waals surface area (Å²) in [7, 11) is 1.63. The Morgan fingerprint density at radius 3 is 2.73 bits per heavy atom. The number of halogens is 2. The van der Waals surface area contributed by atoms with Gasteiger partial charge < -0.3 is 25.2 Å². The van der Waals surface area contributed by atoms with Crippen molar-refractivity contribution < 1.29 is 28.6 Å². The molecular weight excluding hydrogens is 473 g/mol. The van der Waals surface area contributed by atoms with Crippen molar-refractivity contribution in [1.82, 2.24) is 16.0 Å². The molecule has 0 aromatic heterocycles. The number of amides is 2. The van der Waals surface area contributed by atoms with Gasteiger partial charge in [0.15, 0.2) is 6.61 Å². The van der Waals surface area contributed by atoms with Crippen molar-refractivity contribution in [3.05, 3.63) is 29.0 Å². The molecule has 5 rings (SSSR count). The minimum Gasteiger partial charge on any atom is -0.484 e. The Balaban J connectivity index is 1.29. The molecule has 11 heteroatoms.